The maximum absolute atomic E-state index is 5.85. The van der Waals surface area contributed by atoms with Crippen LogP contribution in [0.25, 0.3) is 0 Å². The molecule has 1 aromatic rings. The van der Waals surface area contributed by atoms with Gasteiger partial charge in [-0.1, -0.05) is 17.5 Å². The van der Waals surface area contributed by atoms with Gasteiger partial charge in [0.2, 0.25) is 0 Å². The van der Waals surface area contributed by atoms with Crippen molar-refractivity contribution >= 4 is 29.2 Å². The highest BCUT2D eigenvalue weighted by atomic mass is 35.5. The van der Waals surface area contributed by atoms with E-state index in [1.807, 2.05) is 6.92 Å². The Labute approximate surface area is 99.0 Å². The molecule has 5 heteroatoms. The second kappa shape index (κ2) is 6.54. The molecule has 0 saturated carbocycles. The van der Waals surface area contributed by atoms with E-state index in [-0.39, 0.29) is 0 Å². The van der Waals surface area contributed by atoms with E-state index >= 15 is 0 Å². The minimum atomic E-state index is 0.490. The molecule has 0 aliphatic rings. The van der Waals surface area contributed by atoms with Crippen LogP contribution in [-0.4, -0.2) is 28.0 Å². The summed E-state index contributed by atoms with van der Waals surface area (Å²) in [7, 11) is 0. The molecule has 0 radical (unpaired) electrons. The molecule has 0 bridgehead atoms. The highest BCUT2D eigenvalue weighted by molar-refractivity contribution is 7.99. The quantitative estimate of drug-likeness (QED) is 0.487. The Morgan fingerprint density at radius 1 is 1.60 bits per heavy atom. The van der Waals surface area contributed by atoms with Gasteiger partial charge in [0.1, 0.15) is 17.3 Å². The van der Waals surface area contributed by atoms with E-state index in [4.69, 9.17) is 18.0 Å². The van der Waals surface area contributed by atoms with Gasteiger partial charge >= 0.3 is 0 Å². The molecule has 0 unspecified atom stereocenters. The van der Waals surface area contributed by atoms with Gasteiger partial charge in [0, 0.05) is 17.9 Å². The summed E-state index contributed by atoms with van der Waals surface area (Å²) in [4.78, 5) is 7.98. The summed E-state index contributed by atoms with van der Waals surface area (Å²) >= 11 is 7.56. The van der Waals surface area contributed by atoms with E-state index < -0.39 is 0 Å². The maximum Gasteiger partial charge on any atom is 0.137 e. The second-order valence-corrected chi connectivity index (χ2v) is 4.28. The summed E-state index contributed by atoms with van der Waals surface area (Å²) in [5.41, 5.74) is 0.876. The van der Waals surface area contributed by atoms with Crippen molar-refractivity contribution in [3.8, 4) is 12.3 Å². The predicted octanol–water partition coefficient (Wildman–Crippen LogP) is 2.22. The average molecular weight is 242 g/mol. The average Bonchev–Trinajstić information content (AvgIpc) is 2.24. The smallest absolute Gasteiger partial charge is 0.137 e. The monoisotopic (exact) mass is 241 g/mol. The molecular weight excluding hydrogens is 230 g/mol. The number of aromatic nitrogens is 2. The van der Waals surface area contributed by atoms with Crippen LogP contribution < -0.4 is 5.32 Å². The molecule has 1 aromatic heterocycles. The van der Waals surface area contributed by atoms with Gasteiger partial charge in [-0.05, 0) is 6.92 Å². The van der Waals surface area contributed by atoms with Gasteiger partial charge in [0.15, 0.2) is 0 Å². The first-order valence-corrected chi connectivity index (χ1v) is 6.01. The number of nitrogens with zero attached hydrogens (tertiary/aromatic N) is 2. The van der Waals surface area contributed by atoms with E-state index in [0.29, 0.717) is 5.15 Å². The number of hydrogen-bond acceptors (Lipinski definition) is 4. The lowest BCUT2D eigenvalue weighted by molar-refractivity contribution is 1.09. The van der Waals surface area contributed by atoms with E-state index in [2.05, 4.69) is 21.2 Å². The molecule has 0 aromatic carbocycles. The first-order valence-electron chi connectivity index (χ1n) is 4.48. The molecule has 0 aliphatic heterocycles. The molecule has 0 amide bonds. The first kappa shape index (κ1) is 12.2. The zero-order valence-corrected chi connectivity index (χ0v) is 10.0. The molecule has 80 valence electrons. The summed E-state index contributed by atoms with van der Waals surface area (Å²) in [5.74, 6) is 5.05. The van der Waals surface area contributed by atoms with Crippen LogP contribution in [0, 0.1) is 19.3 Å². The lowest BCUT2D eigenvalue weighted by atomic mass is 10.3. The highest BCUT2D eigenvalue weighted by Gasteiger charge is 2.03. The Bertz CT molecular complexity index is 362. The summed E-state index contributed by atoms with van der Waals surface area (Å²) in [6.07, 6.45) is 6.59. The first-order chi connectivity index (χ1) is 7.25. The van der Waals surface area contributed by atoms with Crippen molar-refractivity contribution in [3.63, 3.8) is 0 Å². The van der Waals surface area contributed by atoms with Crippen LogP contribution in [-0.2, 0) is 0 Å². The number of hydrogen-bond donors (Lipinski definition) is 1. The molecule has 1 heterocycles. The third kappa shape index (κ3) is 3.98. The second-order valence-electron chi connectivity index (χ2n) is 2.82. The van der Waals surface area contributed by atoms with Crippen LogP contribution in [0.3, 0.4) is 0 Å². The molecule has 3 nitrogen and oxygen atoms in total. The van der Waals surface area contributed by atoms with Crippen LogP contribution in [0.15, 0.2) is 6.33 Å². The van der Waals surface area contributed by atoms with Crippen LogP contribution in [0.2, 0.25) is 5.15 Å². The van der Waals surface area contributed by atoms with E-state index in [9.17, 15) is 0 Å². The van der Waals surface area contributed by atoms with Gasteiger partial charge in [0.05, 0.1) is 5.75 Å². The molecule has 0 spiro atoms. The van der Waals surface area contributed by atoms with Gasteiger partial charge in [0.25, 0.3) is 0 Å². The maximum atomic E-state index is 5.85. The fourth-order valence-electron chi connectivity index (χ4n) is 0.980. The number of nitrogens with one attached hydrogen (secondary N) is 1. The molecule has 0 saturated heterocycles. The Morgan fingerprint density at radius 2 is 2.40 bits per heavy atom. The van der Waals surface area contributed by atoms with E-state index in [1.54, 1.807) is 11.8 Å². The molecule has 0 atom stereocenters. The Kier molecular flexibility index (Phi) is 5.30. The summed E-state index contributed by atoms with van der Waals surface area (Å²) in [5, 5.41) is 3.68. The number of anilines is 1. The van der Waals surface area contributed by atoms with Crippen molar-refractivity contribution < 1.29 is 0 Å². The molecule has 0 fully saturated rings. The standard InChI is InChI=1S/C10H12ClN3S/c1-3-5-15-6-4-12-10-8(2)9(11)13-7-14-10/h1,7H,4-6H2,2H3,(H,12,13,14). The van der Waals surface area contributed by atoms with E-state index in [1.165, 1.54) is 6.33 Å². The normalized spacial score (nSPS) is 9.67. The van der Waals surface area contributed by atoms with Crippen molar-refractivity contribution in [1.29, 1.82) is 0 Å². The van der Waals surface area contributed by atoms with Gasteiger partial charge in [-0.3, -0.25) is 0 Å². The van der Waals surface area contributed by atoms with Gasteiger partial charge in [-0.15, -0.1) is 18.2 Å². The predicted molar refractivity (Wildman–Crippen MR) is 66.4 cm³/mol. The minimum absolute atomic E-state index is 0.490. The Balaban J connectivity index is 2.38. The van der Waals surface area contributed by atoms with Crippen molar-refractivity contribution in [3.05, 3.63) is 17.0 Å². The van der Waals surface area contributed by atoms with Crippen molar-refractivity contribution in [2.45, 2.75) is 6.92 Å². The molecule has 0 aliphatic carbocycles. The van der Waals surface area contributed by atoms with Crippen LogP contribution >= 0.6 is 23.4 Å². The summed E-state index contributed by atoms with van der Waals surface area (Å²) in [6, 6.07) is 0. The van der Waals surface area contributed by atoms with Gasteiger partial charge < -0.3 is 5.32 Å². The van der Waals surface area contributed by atoms with Crippen LogP contribution in [0.1, 0.15) is 5.56 Å². The zero-order chi connectivity index (χ0) is 11.1. The minimum Gasteiger partial charge on any atom is -0.369 e. The number of terminal acetylenes is 1. The number of halogens is 1. The highest BCUT2D eigenvalue weighted by Crippen LogP contribution is 2.17. The fraction of sp³-hybridized carbons (Fsp3) is 0.400. The topological polar surface area (TPSA) is 37.8 Å². The Morgan fingerprint density at radius 3 is 3.13 bits per heavy atom. The van der Waals surface area contributed by atoms with Crippen molar-refractivity contribution in [1.82, 2.24) is 9.97 Å². The third-order valence-corrected chi connectivity index (χ3v) is 2.99. The fourth-order valence-corrected chi connectivity index (χ4v) is 1.62. The molecule has 1 N–H and O–H groups in total. The van der Waals surface area contributed by atoms with Crippen LogP contribution in [0.4, 0.5) is 5.82 Å². The molecular formula is C10H12ClN3S. The summed E-state index contributed by atoms with van der Waals surface area (Å²) in [6.45, 7) is 2.71. The summed E-state index contributed by atoms with van der Waals surface area (Å²) < 4.78 is 0. The molecule has 15 heavy (non-hydrogen) atoms. The Hall–Kier alpha value is -0.920. The van der Waals surface area contributed by atoms with E-state index in [0.717, 1.165) is 29.4 Å². The number of thioether (sulfide) groups is 1. The largest absolute Gasteiger partial charge is 0.369 e. The zero-order valence-electron chi connectivity index (χ0n) is 8.46. The van der Waals surface area contributed by atoms with Gasteiger partial charge in [-0.25, -0.2) is 9.97 Å². The number of rotatable bonds is 5. The lowest BCUT2D eigenvalue weighted by Gasteiger charge is -2.07. The third-order valence-electron chi connectivity index (χ3n) is 1.75. The molecule has 1 rings (SSSR count). The van der Waals surface area contributed by atoms with Crippen molar-refractivity contribution in [2.75, 3.05) is 23.4 Å². The van der Waals surface area contributed by atoms with Crippen molar-refractivity contribution in [2.24, 2.45) is 0 Å². The van der Waals surface area contributed by atoms with Crippen LogP contribution in [0.5, 0.6) is 0 Å². The van der Waals surface area contributed by atoms with Gasteiger partial charge in [-0.2, -0.15) is 0 Å². The SMILES string of the molecule is C#CCSCCNc1ncnc(Cl)c1C. The lowest BCUT2D eigenvalue weighted by Crippen LogP contribution is -2.07.